The molecule has 0 radical (unpaired) electrons. The summed E-state index contributed by atoms with van der Waals surface area (Å²) in [5.41, 5.74) is 0.379. The molecule has 1 aromatic rings. The lowest BCUT2D eigenvalue weighted by molar-refractivity contribution is -0.146. The van der Waals surface area contributed by atoms with E-state index in [1.54, 1.807) is 7.05 Å². The third-order valence-corrected chi connectivity index (χ3v) is 3.83. The van der Waals surface area contributed by atoms with E-state index in [0.717, 1.165) is 0 Å². The molecule has 1 aliphatic rings. The van der Waals surface area contributed by atoms with Crippen molar-refractivity contribution in [3.05, 3.63) is 28.8 Å². The maximum Gasteiger partial charge on any atom is 0.306 e. The highest BCUT2D eigenvalue weighted by Crippen LogP contribution is 2.32. The van der Waals surface area contributed by atoms with Crippen molar-refractivity contribution < 1.29 is 19.8 Å². The predicted octanol–water partition coefficient (Wildman–Crippen LogP) is 1.98. The van der Waals surface area contributed by atoms with Gasteiger partial charge in [0.05, 0.1) is 10.9 Å². The minimum atomic E-state index is -0.815. The Morgan fingerprint density at radius 2 is 2.00 bits per heavy atom. The average Bonchev–Trinajstić information content (AvgIpc) is 2.29. The maximum atomic E-state index is 12.2. The van der Waals surface area contributed by atoms with Gasteiger partial charge in [-0.3, -0.25) is 9.59 Å². The Balaban J connectivity index is 2.04. The fraction of sp³-hybridized carbons (Fsp3) is 0.385. The van der Waals surface area contributed by atoms with Crippen LogP contribution in [0.3, 0.4) is 0 Å². The number of nitrogens with zero attached hydrogens (tertiary/aromatic N) is 1. The average molecular weight is 284 g/mol. The lowest BCUT2D eigenvalue weighted by Crippen LogP contribution is -2.47. The third-order valence-electron chi connectivity index (χ3n) is 3.53. The first-order valence-electron chi connectivity index (χ1n) is 5.88. The Hall–Kier alpha value is -1.75. The van der Waals surface area contributed by atoms with E-state index in [4.69, 9.17) is 16.7 Å². The van der Waals surface area contributed by atoms with E-state index < -0.39 is 5.97 Å². The number of amides is 1. The van der Waals surface area contributed by atoms with Crippen LogP contribution in [-0.2, 0) is 4.79 Å². The number of phenols is 1. The quantitative estimate of drug-likeness (QED) is 0.889. The van der Waals surface area contributed by atoms with Gasteiger partial charge in [0.1, 0.15) is 5.75 Å². The van der Waals surface area contributed by atoms with Crippen LogP contribution in [0.25, 0.3) is 0 Å². The lowest BCUT2D eigenvalue weighted by atomic mass is 9.79. The Kier molecular flexibility index (Phi) is 3.66. The largest absolute Gasteiger partial charge is 0.506 e. The van der Waals surface area contributed by atoms with Gasteiger partial charge in [-0.25, -0.2) is 0 Å². The van der Waals surface area contributed by atoms with Crippen LogP contribution in [0.2, 0.25) is 5.02 Å². The minimum absolute atomic E-state index is 0.0545. The van der Waals surface area contributed by atoms with Crippen LogP contribution in [0, 0.1) is 5.92 Å². The molecule has 0 aliphatic heterocycles. The molecule has 0 heterocycles. The van der Waals surface area contributed by atoms with E-state index in [1.807, 2.05) is 0 Å². The molecule has 6 heteroatoms. The van der Waals surface area contributed by atoms with E-state index in [1.165, 1.54) is 23.1 Å². The van der Waals surface area contributed by atoms with Crippen LogP contribution in [0.1, 0.15) is 23.2 Å². The highest BCUT2D eigenvalue weighted by molar-refractivity contribution is 6.32. The number of rotatable bonds is 3. The molecule has 0 bridgehead atoms. The molecule has 102 valence electrons. The van der Waals surface area contributed by atoms with Gasteiger partial charge in [-0.2, -0.15) is 0 Å². The molecule has 2 rings (SSSR count). The summed E-state index contributed by atoms with van der Waals surface area (Å²) in [5.74, 6) is -1.47. The molecular formula is C13H14ClNO4. The first-order chi connectivity index (χ1) is 8.90. The molecule has 0 aromatic heterocycles. The van der Waals surface area contributed by atoms with Crippen LogP contribution in [0.4, 0.5) is 0 Å². The molecule has 1 amide bonds. The van der Waals surface area contributed by atoms with Crippen LogP contribution in [0.15, 0.2) is 18.2 Å². The van der Waals surface area contributed by atoms with Gasteiger partial charge in [-0.15, -0.1) is 0 Å². The smallest absolute Gasteiger partial charge is 0.306 e. The standard InChI is InChI=1S/C13H14ClNO4/c1-15(9-4-8(5-9)13(18)19)12(17)7-2-3-11(16)10(14)6-7/h2-3,6,8-9,16H,4-5H2,1H3,(H,18,19). The van der Waals surface area contributed by atoms with Crippen molar-refractivity contribution in [3.63, 3.8) is 0 Å². The molecule has 0 atom stereocenters. The van der Waals surface area contributed by atoms with E-state index >= 15 is 0 Å². The van der Waals surface area contributed by atoms with Crippen molar-refractivity contribution in [2.75, 3.05) is 7.05 Å². The third kappa shape index (κ3) is 2.66. The van der Waals surface area contributed by atoms with Gasteiger partial charge in [0.2, 0.25) is 0 Å². The fourth-order valence-electron chi connectivity index (χ4n) is 2.12. The van der Waals surface area contributed by atoms with E-state index in [2.05, 4.69) is 0 Å². The van der Waals surface area contributed by atoms with Crippen LogP contribution in [0.5, 0.6) is 5.75 Å². The topological polar surface area (TPSA) is 77.8 Å². The van der Waals surface area contributed by atoms with Gasteiger partial charge in [-0.05, 0) is 31.0 Å². The van der Waals surface area contributed by atoms with Gasteiger partial charge < -0.3 is 15.1 Å². The molecule has 0 saturated heterocycles. The number of hydrogen-bond acceptors (Lipinski definition) is 3. The molecule has 0 unspecified atom stereocenters. The fourth-order valence-corrected chi connectivity index (χ4v) is 2.30. The summed E-state index contributed by atoms with van der Waals surface area (Å²) in [6.07, 6.45) is 0.951. The second-order valence-corrected chi connectivity index (χ2v) is 5.15. The molecule has 1 aromatic carbocycles. The summed E-state index contributed by atoms with van der Waals surface area (Å²) < 4.78 is 0. The van der Waals surface area contributed by atoms with E-state index in [-0.39, 0.29) is 28.6 Å². The Labute approximate surface area is 115 Å². The summed E-state index contributed by atoms with van der Waals surface area (Å²) in [5, 5.41) is 18.2. The Morgan fingerprint density at radius 1 is 1.37 bits per heavy atom. The summed E-state index contributed by atoms with van der Waals surface area (Å²) in [6.45, 7) is 0. The highest BCUT2D eigenvalue weighted by atomic mass is 35.5. The molecule has 19 heavy (non-hydrogen) atoms. The zero-order chi connectivity index (χ0) is 14.2. The van der Waals surface area contributed by atoms with Crippen molar-refractivity contribution in [3.8, 4) is 5.75 Å². The minimum Gasteiger partial charge on any atom is -0.506 e. The normalized spacial score (nSPS) is 21.6. The van der Waals surface area contributed by atoms with E-state index in [0.29, 0.717) is 18.4 Å². The summed E-state index contributed by atoms with van der Waals surface area (Å²) in [4.78, 5) is 24.4. The van der Waals surface area contributed by atoms with Gasteiger partial charge >= 0.3 is 5.97 Å². The first kappa shape index (κ1) is 13.7. The number of benzene rings is 1. The van der Waals surface area contributed by atoms with Crippen molar-refractivity contribution in [2.45, 2.75) is 18.9 Å². The number of phenolic OH excluding ortho intramolecular Hbond substituents is 1. The first-order valence-corrected chi connectivity index (χ1v) is 6.26. The van der Waals surface area contributed by atoms with Crippen LogP contribution < -0.4 is 0 Å². The summed E-state index contributed by atoms with van der Waals surface area (Å²) in [7, 11) is 1.64. The van der Waals surface area contributed by atoms with Crippen molar-refractivity contribution >= 4 is 23.5 Å². The Bertz CT molecular complexity index is 525. The number of carboxylic acid groups (broad SMARTS) is 1. The maximum absolute atomic E-state index is 12.2. The van der Waals surface area contributed by atoms with Crippen molar-refractivity contribution in [1.82, 2.24) is 4.90 Å². The SMILES string of the molecule is CN(C(=O)c1ccc(O)c(Cl)c1)C1CC(C(=O)O)C1. The summed E-state index contributed by atoms with van der Waals surface area (Å²) in [6, 6.07) is 4.21. The molecule has 1 fully saturated rings. The molecular weight excluding hydrogens is 270 g/mol. The molecule has 1 saturated carbocycles. The second-order valence-electron chi connectivity index (χ2n) is 4.74. The van der Waals surface area contributed by atoms with Crippen molar-refractivity contribution in [2.24, 2.45) is 5.92 Å². The number of aromatic hydroxyl groups is 1. The van der Waals surface area contributed by atoms with Crippen LogP contribution >= 0.6 is 11.6 Å². The number of halogens is 1. The second kappa shape index (κ2) is 5.09. The number of aliphatic carboxylic acids is 1. The van der Waals surface area contributed by atoms with Gasteiger partial charge in [0, 0.05) is 18.7 Å². The lowest BCUT2D eigenvalue weighted by Gasteiger charge is -2.39. The number of hydrogen-bond donors (Lipinski definition) is 2. The zero-order valence-electron chi connectivity index (χ0n) is 10.3. The van der Waals surface area contributed by atoms with Crippen molar-refractivity contribution in [1.29, 1.82) is 0 Å². The van der Waals surface area contributed by atoms with Gasteiger partial charge in [0.25, 0.3) is 5.91 Å². The zero-order valence-corrected chi connectivity index (χ0v) is 11.1. The van der Waals surface area contributed by atoms with Crippen LogP contribution in [-0.4, -0.2) is 40.1 Å². The molecule has 5 nitrogen and oxygen atoms in total. The number of carbonyl (C=O) groups is 2. The Morgan fingerprint density at radius 3 is 2.53 bits per heavy atom. The van der Waals surface area contributed by atoms with Gasteiger partial charge in [0.15, 0.2) is 0 Å². The molecule has 1 aliphatic carbocycles. The summed E-state index contributed by atoms with van der Waals surface area (Å²) >= 11 is 5.76. The predicted molar refractivity (Wildman–Crippen MR) is 69.4 cm³/mol. The highest BCUT2D eigenvalue weighted by Gasteiger charge is 2.38. The molecule has 2 N–H and O–H groups in total. The number of carbonyl (C=O) groups excluding carboxylic acids is 1. The monoisotopic (exact) mass is 283 g/mol. The molecule has 0 spiro atoms. The van der Waals surface area contributed by atoms with E-state index in [9.17, 15) is 14.7 Å². The van der Waals surface area contributed by atoms with Gasteiger partial charge in [-0.1, -0.05) is 11.6 Å². The number of carboxylic acids is 1.